The van der Waals surface area contributed by atoms with Gasteiger partial charge in [-0.25, -0.2) is 0 Å². The Morgan fingerprint density at radius 3 is 2.31 bits per heavy atom. The van der Waals surface area contributed by atoms with Crippen LogP contribution in [0.5, 0.6) is 0 Å². The minimum Gasteiger partial charge on any atom is -0.352 e. The topological polar surface area (TPSA) is 58.2 Å². The highest BCUT2D eigenvalue weighted by Gasteiger charge is 2.68. The van der Waals surface area contributed by atoms with Crippen LogP contribution in [0.25, 0.3) is 10.1 Å². The predicted octanol–water partition coefficient (Wildman–Crippen LogP) is 4.91. The summed E-state index contributed by atoms with van der Waals surface area (Å²) >= 11 is 1.47. The highest BCUT2D eigenvalue weighted by atomic mass is 32.1. The maximum Gasteiger partial charge on any atom is 0.254 e. The number of hydrogen-bond donors (Lipinski definition) is 2. The van der Waals surface area contributed by atoms with Gasteiger partial charge in [-0.3, -0.25) is 9.59 Å². The van der Waals surface area contributed by atoms with Gasteiger partial charge in [0.25, 0.3) is 5.91 Å². The van der Waals surface area contributed by atoms with Crippen molar-refractivity contribution in [2.45, 2.75) is 41.5 Å². The number of fused-ring (bicyclic) bond motifs is 1. The van der Waals surface area contributed by atoms with Crippen molar-refractivity contribution in [1.29, 1.82) is 0 Å². The Kier molecular flexibility index (Phi) is 4.63. The van der Waals surface area contributed by atoms with E-state index in [9.17, 15) is 9.59 Å². The number of thiophene rings is 1. The van der Waals surface area contributed by atoms with Gasteiger partial charge in [-0.2, -0.15) is 0 Å². The van der Waals surface area contributed by atoms with Gasteiger partial charge in [0.2, 0.25) is 5.91 Å². The molecule has 2 N–H and O–H groups in total. The molecule has 1 heterocycles. The highest BCUT2D eigenvalue weighted by Crippen LogP contribution is 2.68. The van der Waals surface area contributed by atoms with Crippen molar-refractivity contribution in [3.8, 4) is 0 Å². The van der Waals surface area contributed by atoms with E-state index < -0.39 is 0 Å². The molecule has 0 bridgehead atoms. The van der Waals surface area contributed by atoms with E-state index in [0.717, 1.165) is 10.1 Å². The lowest BCUT2D eigenvalue weighted by Crippen LogP contribution is -2.28. The molecule has 5 heteroatoms. The molecule has 1 fully saturated rings. The van der Waals surface area contributed by atoms with Crippen molar-refractivity contribution in [1.82, 2.24) is 5.32 Å². The van der Waals surface area contributed by atoms with Crippen molar-refractivity contribution in [3.05, 3.63) is 29.8 Å². The predicted molar refractivity (Wildman–Crippen MR) is 109 cm³/mol. The molecule has 4 nitrogen and oxygen atoms in total. The Morgan fingerprint density at radius 2 is 1.73 bits per heavy atom. The summed E-state index contributed by atoms with van der Waals surface area (Å²) in [5.41, 5.74) is 0.512. The van der Waals surface area contributed by atoms with Gasteiger partial charge in [0.05, 0.1) is 5.56 Å². The lowest BCUT2D eigenvalue weighted by atomic mass is 10.0. The minimum absolute atomic E-state index is 0.00413. The summed E-state index contributed by atoms with van der Waals surface area (Å²) in [6.07, 6.45) is 0. The van der Waals surface area contributed by atoms with E-state index in [1.165, 1.54) is 11.3 Å². The number of amides is 2. The Labute approximate surface area is 159 Å². The Hall–Kier alpha value is -1.88. The second-order valence-corrected chi connectivity index (χ2v) is 9.82. The summed E-state index contributed by atoms with van der Waals surface area (Å²) in [7, 11) is 0. The van der Waals surface area contributed by atoms with Crippen LogP contribution in [-0.4, -0.2) is 18.4 Å². The summed E-state index contributed by atoms with van der Waals surface area (Å²) < 4.78 is 1.01. The number of rotatable bonds is 5. The van der Waals surface area contributed by atoms with E-state index in [2.05, 4.69) is 52.2 Å². The summed E-state index contributed by atoms with van der Waals surface area (Å²) in [6, 6.07) is 7.80. The second-order valence-electron chi connectivity index (χ2n) is 8.77. The van der Waals surface area contributed by atoms with Gasteiger partial charge in [0.1, 0.15) is 5.00 Å². The zero-order valence-corrected chi connectivity index (χ0v) is 17.2. The van der Waals surface area contributed by atoms with Crippen LogP contribution in [0.4, 0.5) is 5.00 Å². The number of carbonyl (C=O) groups excluding carboxylic acids is 2. The average Bonchev–Trinajstić information content (AvgIpc) is 2.81. The molecule has 0 saturated heterocycles. The standard InChI is InChI=1S/C21H28N2O2S/c1-12(2)11-22-17(24)15-13-9-7-8-10-14(13)26-19(15)23-18(25)16-20(3,4)21(16,5)6/h7-10,12,16H,11H2,1-6H3,(H,22,24)(H,23,25). The lowest BCUT2D eigenvalue weighted by Gasteiger charge is -2.10. The van der Waals surface area contributed by atoms with E-state index in [0.29, 0.717) is 23.0 Å². The van der Waals surface area contributed by atoms with Gasteiger partial charge in [-0.15, -0.1) is 11.3 Å². The van der Waals surface area contributed by atoms with Gasteiger partial charge in [0.15, 0.2) is 0 Å². The highest BCUT2D eigenvalue weighted by molar-refractivity contribution is 7.23. The fourth-order valence-corrected chi connectivity index (χ4v) is 4.88. The molecule has 1 saturated carbocycles. The molecule has 3 rings (SSSR count). The van der Waals surface area contributed by atoms with Crippen molar-refractivity contribution in [3.63, 3.8) is 0 Å². The van der Waals surface area contributed by atoms with Crippen LogP contribution in [0, 0.1) is 22.7 Å². The van der Waals surface area contributed by atoms with Crippen LogP contribution >= 0.6 is 11.3 Å². The van der Waals surface area contributed by atoms with Crippen LogP contribution in [0.2, 0.25) is 0 Å². The smallest absolute Gasteiger partial charge is 0.254 e. The third-order valence-corrected chi connectivity index (χ3v) is 7.10. The minimum atomic E-state index is -0.124. The van der Waals surface area contributed by atoms with Gasteiger partial charge in [-0.1, -0.05) is 59.7 Å². The lowest BCUT2D eigenvalue weighted by molar-refractivity contribution is -0.118. The number of carbonyl (C=O) groups is 2. The number of benzene rings is 1. The van der Waals surface area contributed by atoms with E-state index in [1.807, 2.05) is 24.3 Å². The molecule has 1 aromatic carbocycles. The third kappa shape index (κ3) is 3.02. The van der Waals surface area contributed by atoms with Crippen molar-refractivity contribution < 1.29 is 9.59 Å². The molecule has 26 heavy (non-hydrogen) atoms. The second kappa shape index (κ2) is 6.38. The Morgan fingerprint density at radius 1 is 1.12 bits per heavy atom. The van der Waals surface area contributed by atoms with E-state index >= 15 is 0 Å². The molecular formula is C21H28N2O2S. The van der Waals surface area contributed by atoms with Crippen molar-refractivity contribution in [2.24, 2.45) is 22.7 Å². The quantitative estimate of drug-likeness (QED) is 0.783. The van der Waals surface area contributed by atoms with Crippen LogP contribution in [-0.2, 0) is 4.79 Å². The average molecular weight is 373 g/mol. The largest absolute Gasteiger partial charge is 0.352 e. The summed E-state index contributed by atoms with van der Waals surface area (Å²) in [5, 5.41) is 7.59. The zero-order valence-electron chi connectivity index (χ0n) is 16.4. The Bertz CT molecular complexity index is 850. The molecule has 1 aliphatic rings. The Balaban J connectivity index is 1.92. The molecule has 0 spiro atoms. The normalized spacial score (nSPS) is 18.1. The number of nitrogens with one attached hydrogen (secondary N) is 2. The first-order valence-corrected chi connectivity index (χ1v) is 9.99. The first-order chi connectivity index (χ1) is 12.1. The number of hydrogen-bond acceptors (Lipinski definition) is 3. The zero-order chi connectivity index (χ0) is 19.3. The van der Waals surface area contributed by atoms with Crippen LogP contribution in [0.15, 0.2) is 24.3 Å². The summed E-state index contributed by atoms with van der Waals surface area (Å²) in [5.74, 6) is 0.201. The third-order valence-electron chi connectivity index (χ3n) is 6.01. The molecule has 0 unspecified atom stereocenters. The SMILES string of the molecule is CC(C)CNC(=O)c1c(NC(=O)C2C(C)(C)C2(C)C)sc2ccccc12. The van der Waals surface area contributed by atoms with Gasteiger partial charge in [-0.05, 0) is 22.8 Å². The molecule has 140 valence electrons. The van der Waals surface area contributed by atoms with Crippen LogP contribution < -0.4 is 10.6 Å². The fourth-order valence-electron chi connectivity index (χ4n) is 3.78. The molecule has 1 aromatic heterocycles. The van der Waals surface area contributed by atoms with E-state index in [-0.39, 0.29) is 28.6 Å². The van der Waals surface area contributed by atoms with Crippen LogP contribution in [0.1, 0.15) is 51.9 Å². The summed E-state index contributed by atoms with van der Waals surface area (Å²) in [4.78, 5) is 25.7. The maximum absolute atomic E-state index is 12.9. The molecule has 0 atom stereocenters. The molecule has 2 amide bonds. The van der Waals surface area contributed by atoms with Gasteiger partial charge < -0.3 is 10.6 Å². The molecule has 0 radical (unpaired) electrons. The van der Waals surface area contributed by atoms with Gasteiger partial charge in [0, 0.05) is 22.5 Å². The maximum atomic E-state index is 12.9. The fraction of sp³-hybridized carbons (Fsp3) is 0.524. The van der Waals surface area contributed by atoms with Crippen molar-refractivity contribution in [2.75, 3.05) is 11.9 Å². The molecule has 2 aromatic rings. The number of anilines is 1. The first kappa shape index (κ1) is 18.9. The van der Waals surface area contributed by atoms with Crippen molar-refractivity contribution >= 4 is 38.2 Å². The molecule has 0 aliphatic heterocycles. The first-order valence-electron chi connectivity index (χ1n) is 9.18. The summed E-state index contributed by atoms with van der Waals surface area (Å²) in [6.45, 7) is 13.2. The molecule has 1 aliphatic carbocycles. The van der Waals surface area contributed by atoms with E-state index in [4.69, 9.17) is 0 Å². The monoisotopic (exact) mass is 372 g/mol. The van der Waals surface area contributed by atoms with E-state index in [1.54, 1.807) is 0 Å². The van der Waals surface area contributed by atoms with Gasteiger partial charge >= 0.3 is 0 Å². The van der Waals surface area contributed by atoms with Crippen LogP contribution in [0.3, 0.4) is 0 Å². The molecular weight excluding hydrogens is 344 g/mol.